The van der Waals surface area contributed by atoms with Crippen molar-refractivity contribution in [2.24, 2.45) is 10.9 Å². The van der Waals surface area contributed by atoms with Gasteiger partial charge in [0, 0.05) is 44.3 Å². The first-order chi connectivity index (χ1) is 11.7. The summed E-state index contributed by atoms with van der Waals surface area (Å²) in [7, 11) is -3.14. The molecule has 0 aromatic carbocycles. The van der Waals surface area contributed by atoms with Crippen LogP contribution in [0.4, 0.5) is 0 Å². The number of aliphatic imine (C=N–C) groups is 1. The van der Waals surface area contributed by atoms with Crippen LogP contribution in [0.25, 0.3) is 0 Å². The van der Waals surface area contributed by atoms with Crippen molar-refractivity contribution in [3.05, 3.63) is 0 Å². The standard InChI is InChI=1S/C17H35N5O2S.HI/c1-6-18-17(20-16-12-21(13(2)3)11-14(16)4)19-10-15-8-7-9-22(15)25(5,23)24;/h13-16H,6-12H2,1-5H3,(H2,18,19,20);1H/t14?,15-,16?;/m1./s1. The van der Waals surface area contributed by atoms with E-state index in [1.54, 1.807) is 4.31 Å². The highest BCUT2D eigenvalue weighted by Gasteiger charge is 2.33. The Kier molecular flexibility index (Phi) is 9.59. The van der Waals surface area contributed by atoms with Gasteiger partial charge in [-0.05, 0) is 39.5 Å². The lowest BCUT2D eigenvalue weighted by molar-refractivity contribution is 0.265. The smallest absolute Gasteiger partial charge is 0.211 e. The van der Waals surface area contributed by atoms with E-state index in [-0.39, 0.29) is 30.0 Å². The number of hydrogen-bond acceptors (Lipinski definition) is 4. The molecule has 2 saturated heterocycles. The molecule has 2 N–H and O–H groups in total. The number of sulfonamides is 1. The zero-order valence-electron chi connectivity index (χ0n) is 16.7. The molecule has 7 nitrogen and oxygen atoms in total. The summed E-state index contributed by atoms with van der Waals surface area (Å²) < 4.78 is 25.3. The van der Waals surface area contributed by atoms with Gasteiger partial charge < -0.3 is 10.6 Å². The molecule has 2 fully saturated rings. The number of nitrogens with zero attached hydrogens (tertiary/aromatic N) is 3. The van der Waals surface area contributed by atoms with Crippen LogP contribution in [-0.4, -0.2) is 80.7 Å². The maximum Gasteiger partial charge on any atom is 0.211 e. The molecule has 0 aromatic rings. The van der Waals surface area contributed by atoms with Crippen LogP contribution < -0.4 is 10.6 Å². The zero-order valence-corrected chi connectivity index (χ0v) is 19.9. The second-order valence-electron chi connectivity index (χ2n) is 7.67. The summed E-state index contributed by atoms with van der Waals surface area (Å²) in [5.74, 6) is 1.36. The highest BCUT2D eigenvalue weighted by molar-refractivity contribution is 14.0. The van der Waals surface area contributed by atoms with Crippen LogP contribution in [0.1, 0.15) is 40.5 Å². The van der Waals surface area contributed by atoms with E-state index in [1.165, 1.54) is 6.26 Å². The quantitative estimate of drug-likeness (QED) is 0.326. The molecule has 26 heavy (non-hydrogen) atoms. The van der Waals surface area contributed by atoms with Gasteiger partial charge in [-0.1, -0.05) is 6.92 Å². The Morgan fingerprint density at radius 2 is 2.00 bits per heavy atom. The predicted octanol–water partition coefficient (Wildman–Crippen LogP) is 1.31. The molecule has 2 aliphatic rings. The molecular formula is C17H36IN5O2S. The third kappa shape index (κ3) is 6.49. The monoisotopic (exact) mass is 501 g/mol. The summed E-state index contributed by atoms with van der Waals surface area (Å²) >= 11 is 0. The van der Waals surface area contributed by atoms with Crippen LogP contribution in [0.5, 0.6) is 0 Å². The summed E-state index contributed by atoms with van der Waals surface area (Å²) in [5.41, 5.74) is 0. The maximum atomic E-state index is 11.9. The second-order valence-corrected chi connectivity index (χ2v) is 9.60. The summed E-state index contributed by atoms with van der Waals surface area (Å²) in [6.07, 6.45) is 3.09. The van der Waals surface area contributed by atoms with E-state index in [1.807, 2.05) is 6.92 Å². The summed E-state index contributed by atoms with van der Waals surface area (Å²) in [6.45, 7) is 12.8. The highest BCUT2D eigenvalue weighted by atomic mass is 127. The normalized spacial score (nSPS) is 28.4. The molecule has 2 unspecified atom stereocenters. The Morgan fingerprint density at radius 1 is 1.31 bits per heavy atom. The first kappa shape index (κ1) is 23.9. The molecule has 0 radical (unpaired) electrons. The molecule has 9 heteroatoms. The van der Waals surface area contributed by atoms with E-state index in [0.29, 0.717) is 31.1 Å². The molecule has 0 bridgehead atoms. The van der Waals surface area contributed by atoms with Crippen molar-refractivity contribution < 1.29 is 8.42 Å². The van der Waals surface area contributed by atoms with Gasteiger partial charge in [-0.2, -0.15) is 4.31 Å². The van der Waals surface area contributed by atoms with Crippen molar-refractivity contribution in [1.29, 1.82) is 0 Å². The molecular weight excluding hydrogens is 465 g/mol. The number of halogens is 1. The van der Waals surface area contributed by atoms with Gasteiger partial charge in [0.15, 0.2) is 5.96 Å². The van der Waals surface area contributed by atoms with Gasteiger partial charge in [0.1, 0.15) is 0 Å². The van der Waals surface area contributed by atoms with Crippen molar-refractivity contribution in [1.82, 2.24) is 19.8 Å². The molecule has 2 rings (SSSR count). The van der Waals surface area contributed by atoms with Gasteiger partial charge in [-0.15, -0.1) is 24.0 Å². The van der Waals surface area contributed by atoms with E-state index < -0.39 is 10.0 Å². The van der Waals surface area contributed by atoms with Gasteiger partial charge in [0.05, 0.1) is 12.8 Å². The maximum absolute atomic E-state index is 11.9. The fourth-order valence-electron chi connectivity index (χ4n) is 3.73. The topological polar surface area (TPSA) is 77.0 Å². The summed E-state index contributed by atoms with van der Waals surface area (Å²) in [4.78, 5) is 7.18. The third-order valence-electron chi connectivity index (χ3n) is 5.25. The molecule has 154 valence electrons. The van der Waals surface area contributed by atoms with Crippen LogP contribution in [0.15, 0.2) is 4.99 Å². The Labute approximate surface area is 176 Å². The molecule has 0 aliphatic carbocycles. The van der Waals surface area contributed by atoms with Crippen molar-refractivity contribution in [3.8, 4) is 0 Å². The van der Waals surface area contributed by atoms with Crippen LogP contribution in [0.3, 0.4) is 0 Å². The molecule has 2 aliphatic heterocycles. The first-order valence-corrected chi connectivity index (χ1v) is 11.3. The predicted molar refractivity (Wildman–Crippen MR) is 119 cm³/mol. The van der Waals surface area contributed by atoms with E-state index in [9.17, 15) is 8.42 Å². The number of rotatable bonds is 6. The van der Waals surface area contributed by atoms with Crippen LogP contribution in [-0.2, 0) is 10.0 Å². The largest absolute Gasteiger partial charge is 0.357 e. The van der Waals surface area contributed by atoms with E-state index in [0.717, 1.165) is 38.4 Å². The summed E-state index contributed by atoms with van der Waals surface area (Å²) in [6, 6.07) is 0.906. The van der Waals surface area contributed by atoms with Gasteiger partial charge in [-0.25, -0.2) is 8.42 Å². The van der Waals surface area contributed by atoms with Crippen molar-refractivity contribution in [2.75, 3.05) is 39.0 Å². The zero-order chi connectivity index (χ0) is 18.6. The van der Waals surface area contributed by atoms with E-state index in [4.69, 9.17) is 4.99 Å². The Morgan fingerprint density at radius 3 is 2.54 bits per heavy atom. The molecule has 2 heterocycles. The lowest BCUT2D eigenvalue weighted by atomic mass is 10.1. The molecule has 3 atom stereocenters. The molecule has 0 spiro atoms. The average molecular weight is 501 g/mol. The molecule has 0 saturated carbocycles. The van der Waals surface area contributed by atoms with Crippen LogP contribution in [0, 0.1) is 5.92 Å². The Hall–Kier alpha value is -0.130. The van der Waals surface area contributed by atoms with Gasteiger partial charge >= 0.3 is 0 Å². The lowest BCUT2D eigenvalue weighted by Gasteiger charge is -2.23. The van der Waals surface area contributed by atoms with Crippen molar-refractivity contribution >= 4 is 40.0 Å². The van der Waals surface area contributed by atoms with E-state index >= 15 is 0 Å². The summed E-state index contributed by atoms with van der Waals surface area (Å²) in [5, 5.41) is 6.86. The van der Waals surface area contributed by atoms with Crippen LogP contribution >= 0.6 is 24.0 Å². The SMILES string of the molecule is CCNC(=NC[C@H]1CCCN1S(C)(=O)=O)NC1CN(C(C)C)CC1C.I. The van der Waals surface area contributed by atoms with Gasteiger partial charge in [0.25, 0.3) is 0 Å². The highest BCUT2D eigenvalue weighted by Crippen LogP contribution is 2.21. The Balaban J connectivity index is 0.00000338. The van der Waals surface area contributed by atoms with Gasteiger partial charge in [-0.3, -0.25) is 9.89 Å². The molecule has 0 amide bonds. The number of guanidine groups is 1. The molecule has 0 aromatic heterocycles. The minimum Gasteiger partial charge on any atom is -0.357 e. The fraction of sp³-hybridized carbons (Fsp3) is 0.941. The number of nitrogens with one attached hydrogen (secondary N) is 2. The second kappa shape index (κ2) is 10.4. The number of hydrogen-bond donors (Lipinski definition) is 2. The first-order valence-electron chi connectivity index (χ1n) is 9.48. The minimum atomic E-state index is -3.14. The average Bonchev–Trinajstić information content (AvgIpc) is 3.12. The number of likely N-dealkylation sites (tertiary alicyclic amines) is 1. The van der Waals surface area contributed by atoms with Gasteiger partial charge in [0.2, 0.25) is 10.0 Å². The fourth-order valence-corrected chi connectivity index (χ4v) is 4.91. The third-order valence-corrected chi connectivity index (χ3v) is 6.58. The van der Waals surface area contributed by atoms with Crippen molar-refractivity contribution in [2.45, 2.75) is 58.7 Å². The van der Waals surface area contributed by atoms with Crippen LogP contribution in [0.2, 0.25) is 0 Å². The van der Waals surface area contributed by atoms with Crippen molar-refractivity contribution in [3.63, 3.8) is 0 Å². The lowest BCUT2D eigenvalue weighted by Crippen LogP contribution is -2.47. The van der Waals surface area contributed by atoms with E-state index in [2.05, 4.69) is 36.3 Å². The Bertz CT molecular complexity index is 570. The minimum absolute atomic E-state index is 0.